The first kappa shape index (κ1) is 17.2. The molecule has 4 nitrogen and oxygen atoms in total. The van der Waals surface area contributed by atoms with E-state index in [1.807, 2.05) is 55.5 Å². The van der Waals surface area contributed by atoms with E-state index in [1.54, 1.807) is 18.3 Å². The molecule has 2 aromatic carbocycles. The van der Waals surface area contributed by atoms with E-state index < -0.39 is 0 Å². The maximum Gasteiger partial charge on any atom is 0.253 e. The Morgan fingerprint density at radius 1 is 1.08 bits per heavy atom. The SMILES string of the molecule is Cc1cc(Nc2ccc(C(=O)NCc3ccccc3)cn2)ccc1Br. The normalized spacial score (nSPS) is 10.3. The third-order valence-corrected chi connectivity index (χ3v) is 4.64. The second kappa shape index (κ2) is 7.94. The highest BCUT2D eigenvalue weighted by Gasteiger charge is 2.06. The van der Waals surface area contributed by atoms with Crippen molar-refractivity contribution in [3.8, 4) is 0 Å². The summed E-state index contributed by atoms with van der Waals surface area (Å²) in [6.45, 7) is 2.53. The van der Waals surface area contributed by atoms with Crippen LogP contribution in [0.1, 0.15) is 21.5 Å². The van der Waals surface area contributed by atoms with Crippen molar-refractivity contribution in [1.29, 1.82) is 0 Å². The molecule has 0 radical (unpaired) electrons. The predicted octanol–water partition coefficient (Wildman–Crippen LogP) is 4.83. The van der Waals surface area contributed by atoms with Gasteiger partial charge in [-0.1, -0.05) is 46.3 Å². The zero-order valence-corrected chi connectivity index (χ0v) is 15.4. The van der Waals surface area contributed by atoms with E-state index >= 15 is 0 Å². The summed E-state index contributed by atoms with van der Waals surface area (Å²) in [5.41, 5.74) is 3.69. The lowest BCUT2D eigenvalue weighted by Gasteiger charge is -2.09. The van der Waals surface area contributed by atoms with Crippen LogP contribution in [-0.4, -0.2) is 10.9 Å². The molecule has 1 aromatic heterocycles. The van der Waals surface area contributed by atoms with Gasteiger partial charge in [-0.05, 0) is 48.4 Å². The van der Waals surface area contributed by atoms with Gasteiger partial charge >= 0.3 is 0 Å². The Balaban J connectivity index is 1.61. The van der Waals surface area contributed by atoms with Gasteiger partial charge in [-0.2, -0.15) is 0 Å². The molecule has 0 unspecified atom stereocenters. The molecule has 3 aromatic rings. The second-order valence-corrected chi connectivity index (χ2v) is 6.54. The fourth-order valence-electron chi connectivity index (χ4n) is 2.35. The molecule has 0 saturated heterocycles. The van der Waals surface area contributed by atoms with Crippen LogP contribution in [0, 0.1) is 6.92 Å². The molecule has 1 amide bonds. The van der Waals surface area contributed by atoms with Gasteiger partial charge in [0.05, 0.1) is 5.56 Å². The number of aromatic nitrogens is 1. The number of hydrogen-bond donors (Lipinski definition) is 2. The number of carbonyl (C=O) groups excluding carboxylic acids is 1. The molecular formula is C20H18BrN3O. The average Bonchev–Trinajstić information content (AvgIpc) is 2.64. The first-order valence-corrected chi connectivity index (χ1v) is 8.72. The highest BCUT2D eigenvalue weighted by Crippen LogP contribution is 2.22. The lowest BCUT2D eigenvalue weighted by atomic mass is 10.2. The van der Waals surface area contributed by atoms with Gasteiger partial charge in [0.25, 0.3) is 5.91 Å². The molecule has 126 valence electrons. The van der Waals surface area contributed by atoms with Crippen LogP contribution in [0.3, 0.4) is 0 Å². The van der Waals surface area contributed by atoms with Crippen molar-refractivity contribution in [3.63, 3.8) is 0 Å². The molecule has 0 saturated carbocycles. The monoisotopic (exact) mass is 395 g/mol. The average molecular weight is 396 g/mol. The molecule has 5 heteroatoms. The maximum absolute atomic E-state index is 12.2. The van der Waals surface area contributed by atoms with Gasteiger partial charge in [-0.3, -0.25) is 4.79 Å². The molecule has 0 fully saturated rings. The number of hydrogen-bond acceptors (Lipinski definition) is 3. The van der Waals surface area contributed by atoms with Crippen LogP contribution in [0.4, 0.5) is 11.5 Å². The van der Waals surface area contributed by atoms with Gasteiger partial charge in [0.15, 0.2) is 0 Å². The summed E-state index contributed by atoms with van der Waals surface area (Å²) in [5, 5.41) is 6.13. The van der Waals surface area contributed by atoms with Gasteiger partial charge in [-0.15, -0.1) is 0 Å². The van der Waals surface area contributed by atoms with Crippen LogP contribution < -0.4 is 10.6 Å². The van der Waals surface area contributed by atoms with E-state index in [2.05, 4.69) is 31.5 Å². The molecule has 25 heavy (non-hydrogen) atoms. The standard InChI is InChI=1S/C20H18BrN3O/c1-14-11-17(8-9-18(14)21)24-19-10-7-16(13-22-19)20(25)23-12-15-5-3-2-4-6-15/h2-11,13H,12H2,1H3,(H,22,24)(H,23,25). The summed E-state index contributed by atoms with van der Waals surface area (Å²) in [6.07, 6.45) is 1.58. The van der Waals surface area contributed by atoms with Gasteiger partial charge in [0.2, 0.25) is 0 Å². The van der Waals surface area contributed by atoms with Gasteiger partial charge < -0.3 is 10.6 Å². The summed E-state index contributed by atoms with van der Waals surface area (Å²) in [4.78, 5) is 16.5. The number of rotatable bonds is 5. The van der Waals surface area contributed by atoms with Crippen molar-refractivity contribution >= 4 is 33.3 Å². The zero-order valence-electron chi connectivity index (χ0n) is 13.8. The number of anilines is 2. The number of aryl methyl sites for hydroxylation is 1. The molecule has 0 aliphatic carbocycles. The zero-order chi connectivity index (χ0) is 17.6. The van der Waals surface area contributed by atoms with Crippen LogP contribution in [0.25, 0.3) is 0 Å². The lowest BCUT2D eigenvalue weighted by molar-refractivity contribution is 0.0950. The van der Waals surface area contributed by atoms with Crippen molar-refractivity contribution in [2.24, 2.45) is 0 Å². The largest absolute Gasteiger partial charge is 0.348 e. The van der Waals surface area contributed by atoms with E-state index in [4.69, 9.17) is 0 Å². The van der Waals surface area contributed by atoms with E-state index in [-0.39, 0.29) is 5.91 Å². The fourth-order valence-corrected chi connectivity index (χ4v) is 2.60. The molecule has 3 rings (SSSR count). The molecule has 0 spiro atoms. The number of benzene rings is 2. The van der Waals surface area contributed by atoms with Crippen LogP contribution in [0.5, 0.6) is 0 Å². The minimum Gasteiger partial charge on any atom is -0.348 e. The van der Waals surface area contributed by atoms with Gasteiger partial charge in [0, 0.05) is 22.9 Å². The topological polar surface area (TPSA) is 54.0 Å². The first-order valence-electron chi connectivity index (χ1n) is 7.93. The van der Waals surface area contributed by atoms with E-state index in [0.29, 0.717) is 17.9 Å². The molecule has 0 atom stereocenters. The predicted molar refractivity (Wildman–Crippen MR) is 104 cm³/mol. The lowest BCUT2D eigenvalue weighted by Crippen LogP contribution is -2.22. The van der Waals surface area contributed by atoms with Crippen molar-refractivity contribution in [3.05, 3.63) is 88.0 Å². The van der Waals surface area contributed by atoms with Crippen LogP contribution in [0.2, 0.25) is 0 Å². The second-order valence-electron chi connectivity index (χ2n) is 5.69. The smallest absolute Gasteiger partial charge is 0.253 e. The molecule has 0 aliphatic heterocycles. The van der Waals surface area contributed by atoms with E-state index in [0.717, 1.165) is 21.3 Å². The number of halogens is 1. The van der Waals surface area contributed by atoms with Crippen molar-refractivity contribution < 1.29 is 4.79 Å². The Morgan fingerprint density at radius 3 is 2.56 bits per heavy atom. The molecular weight excluding hydrogens is 378 g/mol. The Bertz CT molecular complexity index is 864. The first-order chi connectivity index (χ1) is 12.1. The highest BCUT2D eigenvalue weighted by atomic mass is 79.9. The maximum atomic E-state index is 12.2. The van der Waals surface area contributed by atoms with Crippen LogP contribution >= 0.6 is 15.9 Å². The number of pyridine rings is 1. The number of nitrogens with one attached hydrogen (secondary N) is 2. The summed E-state index contributed by atoms with van der Waals surface area (Å²) < 4.78 is 1.07. The Hall–Kier alpha value is -2.66. The highest BCUT2D eigenvalue weighted by molar-refractivity contribution is 9.10. The minimum atomic E-state index is -0.137. The summed E-state index contributed by atoms with van der Waals surface area (Å²) in [7, 11) is 0. The third kappa shape index (κ3) is 4.67. The van der Waals surface area contributed by atoms with Crippen molar-refractivity contribution in [2.75, 3.05) is 5.32 Å². The quantitative estimate of drug-likeness (QED) is 0.650. The summed E-state index contributed by atoms with van der Waals surface area (Å²) in [6, 6.07) is 19.4. The molecule has 1 heterocycles. The third-order valence-electron chi connectivity index (χ3n) is 3.75. The van der Waals surface area contributed by atoms with Crippen LogP contribution in [0.15, 0.2) is 71.3 Å². The Morgan fingerprint density at radius 2 is 1.88 bits per heavy atom. The van der Waals surface area contributed by atoms with Gasteiger partial charge in [-0.25, -0.2) is 4.98 Å². The van der Waals surface area contributed by atoms with E-state index in [1.165, 1.54) is 0 Å². The summed E-state index contributed by atoms with van der Waals surface area (Å²) in [5.74, 6) is 0.559. The number of carbonyl (C=O) groups is 1. The molecule has 0 aliphatic rings. The van der Waals surface area contributed by atoms with Crippen molar-refractivity contribution in [1.82, 2.24) is 10.3 Å². The Kier molecular flexibility index (Phi) is 5.46. The molecule has 2 N–H and O–H groups in total. The molecule has 0 bridgehead atoms. The summed E-state index contributed by atoms with van der Waals surface area (Å²) >= 11 is 3.48. The number of nitrogens with zero attached hydrogens (tertiary/aromatic N) is 1. The number of amides is 1. The fraction of sp³-hybridized carbons (Fsp3) is 0.100. The van der Waals surface area contributed by atoms with Crippen LogP contribution in [-0.2, 0) is 6.54 Å². The van der Waals surface area contributed by atoms with Crippen molar-refractivity contribution in [2.45, 2.75) is 13.5 Å². The van der Waals surface area contributed by atoms with Gasteiger partial charge in [0.1, 0.15) is 5.82 Å². The van der Waals surface area contributed by atoms with E-state index in [9.17, 15) is 4.79 Å². The minimum absolute atomic E-state index is 0.137. The Labute approximate surface area is 155 Å².